The van der Waals surface area contributed by atoms with Gasteiger partial charge in [0.15, 0.2) is 0 Å². The zero-order chi connectivity index (χ0) is 16.6. The molecule has 0 aromatic heterocycles. The third kappa shape index (κ3) is 3.22. The van der Waals surface area contributed by atoms with Gasteiger partial charge in [0.25, 0.3) is 11.1 Å². The highest BCUT2D eigenvalue weighted by Gasteiger charge is 2.36. The molecule has 4 nitrogen and oxygen atoms in total. The number of carbonyl (C=O) groups excluding carboxylic acids is 2. The van der Waals surface area contributed by atoms with E-state index in [1.807, 2.05) is 0 Å². The molecule has 0 unspecified atom stereocenters. The van der Waals surface area contributed by atoms with Crippen molar-refractivity contribution in [1.82, 2.24) is 0 Å². The predicted molar refractivity (Wildman–Crippen MR) is 93.0 cm³/mol. The van der Waals surface area contributed by atoms with E-state index in [2.05, 4.69) is 0 Å². The van der Waals surface area contributed by atoms with Crippen LogP contribution < -0.4 is 4.90 Å². The molecular formula is C16H9Cl2NO3S. The van der Waals surface area contributed by atoms with Crippen molar-refractivity contribution in [2.45, 2.75) is 0 Å². The molecule has 1 saturated heterocycles. The highest BCUT2D eigenvalue weighted by Crippen LogP contribution is 2.37. The maximum absolute atomic E-state index is 12.5. The van der Waals surface area contributed by atoms with Gasteiger partial charge in [0.1, 0.15) is 5.75 Å². The molecule has 3 rings (SSSR count). The number of thioether (sulfide) groups is 1. The smallest absolute Gasteiger partial charge is 0.298 e. The van der Waals surface area contributed by atoms with Crippen LogP contribution in [0, 0.1) is 0 Å². The van der Waals surface area contributed by atoms with E-state index in [0.29, 0.717) is 16.3 Å². The van der Waals surface area contributed by atoms with E-state index < -0.39 is 11.1 Å². The Bertz CT molecular complexity index is 851. The van der Waals surface area contributed by atoms with Crippen molar-refractivity contribution < 1.29 is 14.7 Å². The van der Waals surface area contributed by atoms with Crippen molar-refractivity contribution in [2.24, 2.45) is 0 Å². The van der Waals surface area contributed by atoms with Crippen LogP contribution in [-0.2, 0) is 4.79 Å². The van der Waals surface area contributed by atoms with Gasteiger partial charge in [-0.15, -0.1) is 0 Å². The zero-order valence-corrected chi connectivity index (χ0v) is 13.8. The van der Waals surface area contributed by atoms with Crippen molar-refractivity contribution >= 4 is 57.9 Å². The van der Waals surface area contributed by atoms with Crippen LogP contribution in [0.3, 0.4) is 0 Å². The molecule has 0 aliphatic carbocycles. The lowest BCUT2D eigenvalue weighted by molar-refractivity contribution is -0.113. The van der Waals surface area contributed by atoms with Gasteiger partial charge < -0.3 is 5.11 Å². The number of imide groups is 1. The van der Waals surface area contributed by atoms with Crippen LogP contribution in [0.15, 0.2) is 47.4 Å². The highest BCUT2D eigenvalue weighted by atomic mass is 35.5. The summed E-state index contributed by atoms with van der Waals surface area (Å²) >= 11 is 12.6. The molecule has 0 atom stereocenters. The molecule has 116 valence electrons. The van der Waals surface area contributed by atoms with Crippen LogP contribution >= 0.6 is 35.0 Å². The van der Waals surface area contributed by atoms with Gasteiger partial charge in [0.05, 0.1) is 15.6 Å². The number of phenolic OH excluding ortho intramolecular Hbond substituents is 1. The number of aromatic hydroxyl groups is 1. The molecule has 0 spiro atoms. The first-order valence-electron chi connectivity index (χ1n) is 6.48. The Hall–Kier alpha value is -1.95. The standard InChI is InChI=1S/C16H9Cl2NO3S/c17-10-2-1-3-11(8-10)19-15(21)14(23-16(19)22)7-9-4-5-13(20)12(18)6-9/h1-8,20H. The Morgan fingerprint density at radius 1 is 1.09 bits per heavy atom. The van der Waals surface area contributed by atoms with E-state index in [4.69, 9.17) is 23.2 Å². The second-order valence-electron chi connectivity index (χ2n) is 4.71. The van der Waals surface area contributed by atoms with E-state index in [0.717, 1.165) is 16.7 Å². The summed E-state index contributed by atoms with van der Waals surface area (Å²) in [6, 6.07) is 11.1. The number of halogens is 2. The summed E-state index contributed by atoms with van der Waals surface area (Å²) in [6.45, 7) is 0. The molecule has 23 heavy (non-hydrogen) atoms. The highest BCUT2D eigenvalue weighted by molar-refractivity contribution is 8.19. The van der Waals surface area contributed by atoms with Gasteiger partial charge in [-0.25, -0.2) is 4.90 Å². The van der Waals surface area contributed by atoms with Crippen molar-refractivity contribution in [3.8, 4) is 5.75 Å². The minimum Gasteiger partial charge on any atom is -0.506 e. The zero-order valence-electron chi connectivity index (χ0n) is 11.5. The average Bonchev–Trinajstić information content (AvgIpc) is 2.77. The Balaban J connectivity index is 1.94. The van der Waals surface area contributed by atoms with E-state index in [1.165, 1.54) is 12.1 Å². The van der Waals surface area contributed by atoms with Crippen molar-refractivity contribution in [1.29, 1.82) is 0 Å². The monoisotopic (exact) mass is 365 g/mol. The Labute approximate surface area is 146 Å². The molecule has 0 radical (unpaired) electrons. The van der Waals surface area contributed by atoms with Crippen LogP contribution in [0.5, 0.6) is 5.75 Å². The molecule has 1 N–H and O–H groups in total. The van der Waals surface area contributed by atoms with Crippen LogP contribution in [0.1, 0.15) is 5.56 Å². The molecule has 1 aliphatic heterocycles. The Kier molecular flexibility index (Phi) is 4.35. The molecule has 1 fully saturated rings. The molecule has 2 amide bonds. The molecular weight excluding hydrogens is 357 g/mol. The van der Waals surface area contributed by atoms with Gasteiger partial charge in [-0.2, -0.15) is 0 Å². The SMILES string of the molecule is O=C1SC(=Cc2ccc(O)c(Cl)c2)C(=O)N1c1cccc(Cl)c1. The summed E-state index contributed by atoms with van der Waals surface area (Å²) in [6.07, 6.45) is 1.56. The topological polar surface area (TPSA) is 57.6 Å². The van der Waals surface area contributed by atoms with Crippen molar-refractivity contribution in [2.75, 3.05) is 4.90 Å². The summed E-state index contributed by atoms with van der Waals surface area (Å²) in [7, 11) is 0. The molecule has 0 saturated carbocycles. The van der Waals surface area contributed by atoms with E-state index in [1.54, 1.807) is 36.4 Å². The number of hydrogen-bond acceptors (Lipinski definition) is 4. The van der Waals surface area contributed by atoms with Crippen molar-refractivity contribution in [3.05, 3.63) is 63.0 Å². The van der Waals surface area contributed by atoms with E-state index >= 15 is 0 Å². The third-order valence-corrected chi connectivity index (χ3v) is 4.54. The second kappa shape index (κ2) is 6.28. The Morgan fingerprint density at radius 2 is 1.87 bits per heavy atom. The largest absolute Gasteiger partial charge is 0.506 e. The first-order valence-corrected chi connectivity index (χ1v) is 8.05. The predicted octanol–water partition coefficient (Wildman–Crippen LogP) is 4.94. The van der Waals surface area contributed by atoms with Gasteiger partial charge in [0.2, 0.25) is 0 Å². The first kappa shape index (κ1) is 15.9. The maximum Gasteiger partial charge on any atom is 0.298 e. The van der Waals surface area contributed by atoms with Crippen LogP contribution in [0.4, 0.5) is 10.5 Å². The van der Waals surface area contributed by atoms with E-state index in [9.17, 15) is 14.7 Å². The number of carbonyl (C=O) groups is 2. The maximum atomic E-state index is 12.5. The molecule has 2 aromatic carbocycles. The number of benzene rings is 2. The molecule has 0 bridgehead atoms. The normalized spacial score (nSPS) is 16.4. The summed E-state index contributed by atoms with van der Waals surface area (Å²) in [5.74, 6) is -0.470. The Morgan fingerprint density at radius 3 is 2.57 bits per heavy atom. The van der Waals surface area contributed by atoms with Gasteiger partial charge in [0, 0.05) is 5.02 Å². The van der Waals surface area contributed by atoms with Crippen LogP contribution in [-0.4, -0.2) is 16.3 Å². The summed E-state index contributed by atoms with van der Waals surface area (Å²) in [5.41, 5.74) is 1.04. The average molecular weight is 366 g/mol. The lowest BCUT2D eigenvalue weighted by atomic mass is 10.2. The van der Waals surface area contributed by atoms with Gasteiger partial charge >= 0.3 is 0 Å². The quantitative estimate of drug-likeness (QED) is 0.765. The number of phenols is 1. The molecule has 1 aliphatic rings. The van der Waals surface area contributed by atoms with E-state index in [-0.39, 0.29) is 15.7 Å². The summed E-state index contributed by atoms with van der Waals surface area (Å²) in [4.78, 5) is 26.0. The number of hydrogen-bond donors (Lipinski definition) is 1. The fourth-order valence-corrected chi connectivity index (χ4v) is 3.28. The summed E-state index contributed by atoms with van der Waals surface area (Å²) in [5, 5.41) is 9.64. The first-order chi connectivity index (χ1) is 11.0. The summed E-state index contributed by atoms with van der Waals surface area (Å²) < 4.78 is 0. The number of nitrogens with zero attached hydrogens (tertiary/aromatic N) is 1. The van der Waals surface area contributed by atoms with Crippen molar-refractivity contribution in [3.63, 3.8) is 0 Å². The van der Waals surface area contributed by atoms with Crippen LogP contribution in [0.25, 0.3) is 6.08 Å². The lowest BCUT2D eigenvalue weighted by Crippen LogP contribution is -2.27. The molecule has 1 heterocycles. The molecule has 2 aromatic rings. The number of rotatable bonds is 2. The fraction of sp³-hybridized carbons (Fsp3) is 0. The van der Waals surface area contributed by atoms with Crippen LogP contribution in [0.2, 0.25) is 10.0 Å². The van der Waals surface area contributed by atoms with Gasteiger partial charge in [-0.1, -0.05) is 35.3 Å². The number of amides is 2. The fourth-order valence-electron chi connectivity index (χ4n) is 2.07. The van der Waals surface area contributed by atoms with Gasteiger partial charge in [-0.05, 0) is 53.7 Å². The molecule has 7 heteroatoms. The third-order valence-electron chi connectivity index (χ3n) is 3.13. The number of anilines is 1. The minimum atomic E-state index is -0.425. The second-order valence-corrected chi connectivity index (χ2v) is 6.54. The lowest BCUT2D eigenvalue weighted by Gasteiger charge is -2.12. The van der Waals surface area contributed by atoms with Gasteiger partial charge in [-0.3, -0.25) is 9.59 Å². The minimum absolute atomic E-state index is 0.0455.